The quantitative estimate of drug-likeness (QED) is 0.776. The number of aromatic nitrogens is 3. The number of hydrogen-bond acceptors (Lipinski definition) is 4. The van der Waals surface area contributed by atoms with Crippen molar-refractivity contribution in [1.29, 1.82) is 5.26 Å². The molecule has 5 nitrogen and oxygen atoms in total. The molecule has 1 saturated heterocycles. The molecule has 1 N–H and O–H groups in total. The Morgan fingerprint density at radius 2 is 2.24 bits per heavy atom. The highest BCUT2D eigenvalue weighted by molar-refractivity contribution is 5.96. The van der Waals surface area contributed by atoms with E-state index in [1.165, 1.54) is 12.1 Å². The van der Waals surface area contributed by atoms with Gasteiger partial charge < -0.3 is 9.88 Å². The SMILES string of the molecule is Cc1cc(F)cc2c(N3CCCC(c4ncc[nH]4)C3)c(C#N)cnc12. The minimum Gasteiger partial charge on any atom is -0.369 e. The average Bonchev–Trinajstić information content (AvgIpc) is 3.15. The van der Waals surface area contributed by atoms with E-state index in [0.29, 0.717) is 10.9 Å². The van der Waals surface area contributed by atoms with E-state index in [4.69, 9.17) is 0 Å². The summed E-state index contributed by atoms with van der Waals surface area (Å²) < 4.78 is 14.0. The summed E-state index contributed by atoms with van der Waals surface area (Å²) in [4.78, 5) is 14.1. The van der Waals surface area contributed by atoms with Crippen molar-refractivity contribution in [2.24, 2.45) is 0 Å². The summed E-state index contributed by atoms with van der Waals surface area (Å²) in [6.45, 7) is 3.42. The van der Waals surface area contributed by atoms with E-state index >= 15 is 0 Å². The number of nitrogens with zero attached hydrogens (tertiary/aromatic N) is 4. The van der Waals surface area contributed by atoms with Gasteiger partial charge in [-0.25, -0.2) is 9.37 Å². The molecule has 1 aliphatic heterocycles. The molecule has 25 heavy (non-hydrogen) atoms. The molecule has 0 bridgehead atoms. The van der Waals surface area contributed by atoms with Crippen LogP contribution in [0.15, 0.2) is 30.7 Å². The highest BCUT2D eigenvalue weighted by atomic mass is 19.1. The molecule has 1 atom stereocenters. The minimum atomic E-state index is -0.303. The predicted octanol–water partition coefficient (Wildman–Crippen LogP) is 3.66. The maximum atomic E-state index is 14.0. The molecule has 0 saturated carbocycles. The number of piperidine rings is 1. The van der Waals surface area contributed by atoms with Crippen molar-refractivity contribution >= 4 is 16.6 Å². The number of pyridine rings is 1. The van der Waals surface area contributed by atoms with Crippen LogP contribution in [0, 0.1) is 24.1 Å². The third-order valence-electron chi connectivity index (χ3n) is 4.86. The van der Waals surface area contributed by atoms with Gasteiger partial charge in [0.15, 0.2) is 0 Å². The van der Waals surface area contributed by atoms with Crippen LogP contribution in [0.4, 0.5) is 10.1 Å². The van der Waals surface area contributed by atoms with Gasteiger partial charge in [-0.05, 0) is 37.5 Å². The van der Waals surface area contributed by atoms with Crippen molar-refractivity contribution < 1.29 is 4.39 Å². The normalized spacial score (nSPS) is 17.6. The molecule has 1 aliphatic rings. The van der Waals surface area contributed by atoms with Gasteiger partial charge in [-0.3, -0.25) is 4.98 Å². The number of H-pyrrole nitrogens is 1. The smallest absolute Gasteiger partial charge is 0.124 e. The molecule has 1 unspecified atom stereocenters. The topological polar surface area (TPSA) is 68.6 Å². The number of nitriles is 1. The van der Waals surface area contributed by atoms with Crippen molar-refractivity contribution in [2.45, 2.75) is 25.7 Å². The van der Waals surface area contributed by atoms with E-state index in [0.717, 1.165) is 48.5 Å². The number of fused-ring (bicyclic) bond motifs is 1. The Bertz CT molecular complexity index is 958. The van der Waals surface area contributed by atoms with Crippen LogP contribution in [0.3, 0.4) is 0 Å². The maximum Gasteiger partial charge on any atom is 0.124 e. The van der Waals surface area contributed by atoms with Gasteiger partial charge in [0.2, 0.25) is 0 Å². The second kappa shape index (κ2) is 6.17. The molecule has 3 aromatic rings. The van der Waals surface area contributed by atoms with E-state index < -0.39 is 0 Å². The van der Waals surface area contributed by atoms with Gasteiger partial charge in [0.05, 0.1) is 16.8 Å². The average molecular weight is 335 g/mol. The van der Waals surface area contributed by atoms with Gasteiger partial charge >= 0.3 is 0 Å². The fourth-order valence-corrected chi connectivity index (χ4v) is 3.75. The number of imidazole rings is 1. The van der Waals surface area contributed by atoms with Crippen LogP contribution in [0.1, 0.15) is 35.7 Å². The first-order valence-electron chi connectivity index (χ1n) is 8.40. The lowest BCUT2D eigenvalue weighted by Crippen LogP contribution is -2.35. The monoisotopic (exact) mass is 335 g/mol. The summed E-state index contributed by atoms with van der Waals surface area (Å²) in [6, 6.07) is 5.19. The molecule has 0 spiro atoms. The standard InChI is InChI=1S/C19H18FN5/c1-12-7-15(20)8-16-17(12)24-10-14(9-21)18(16)25-6-2-3-13(11-25)19-22-4-5-23-19/h4-5,7-8,10,13H,2-3,6,11H2,1H3,(H,22,23). The predicted molar refractivity (Wildman–Crippen MR) is 93.9 cm³/mol. The van der Waals surface area contributed by atoms with Crippen LogP contribution >= 0.6 is 0 Å². The molecule has 1 aromatic carbocycles. The molecule has 1 fully saturated rings. The van der Waals surface area contributed by atoms with Crippen LogP contribution in [0.25, 0.3) is 10.9 Å². The Balaban J connectivity index is 1.83. The first-order valence-corrected chi connectivity index (χ1v) is 8.40. The van der Waals surface area contributed by atoms with E-state index in [-0.39, 0.29) is 11.7 Å². The molecule has 0 aliphatic carbocycles. The maximum absolute atomic E-state index is 14.0. The molecular weight excluding hydrogens is 317 g/mol. The fourth-order valence-electron chi connectivity index (χ4n) is 3.75. The Morgan fingerprint density at radius 3 is 3.00 bits per heavy atom. The number of nitrogens with one attached hydrogen (secondary N) is 1. The van der Waals surface area contributed by atoms with Gasteiger partial charge in [0.1, 0.15) is 17.7 Å². The Kier molecular flexibility index (Phi) is 3.85. The first kappa shape index (κ1) is 15.6. The first-order chi connectivity index (χ1) is 12.2. The molecule has 4 rings (SSSR count). The molecule has 6 heteroatoms. The molecule has 0 radical (unpaired) electrons. The lowest BCUT2D eigenvalue weighted by atomic mass is 9.95. The van der Waals surface area contributed by atoms with Crippen LogP contribution in [0.5, 0.6) is 0 Å². The molecule has 2 aromatic heterocycles. The van der Waals surface area contributed by atoms with Gasteiger partial charge in [0.25, 0.3) is 0 Å². The second-order valence-electron chi connectivity index (χ2n) is 6.51. The van der Waals surface area contributed by atoms with Crippen molar-refractivity contribution in [1.82, 2.24) is 15.0 Å². The van der Waals surface area contributed by atoms with E-state index in [1.54, 1.807) is 12.4 Å². The van der Waals surface area contributed by atoms with Crippen molar-refractivity contribution in [3.63, 3.8) is 0 Å². The van der Waals surface area contributed by atoms with Crippen molar-refractivity contribution in [3.05, 3.63) is 53.5 Å². The fraction of sp³-hybridized carbons (Fsp3) is 0.316. The summed E-state index contributed by atoms with van der Waals surface area (Å²) >= 11 is 0. The van der Waals surface area contributed by atoms with Crippen LogP contribution in [-0.4, -0.2) is 28.0 Å². The third-order valence-corrected chi connectivity index (χ3v) is 4.86. The molecule has 3 heterocycles. The lowest BCUT2D eigenvalue weighted by Gasteiger charge is -2.34. The van der Waals surface area contributed by atoms with E-state index in [1.807, 2.05) is 13.1 Å². The zero-order valence-electron chi connectivity index (χ0n) is 14.0. The summed E-state index contributed by atoms with van der Waals surface area (Å²) in [6.07, 6.45) is 7.22. The number of aryl methyl sites for hydroxylation is 1. The number of benzene rings is 1. The number of anilines is 1. The largest absolute Gasteiger partial charge is 0.369 e. The van der Waals surface area contributed by atoms with E-state index in [9.17, 15) is 9.65 Å². The highest BCUT2D eigenvalue weighted by Crippen LogP contribution is 2.35. The second-order valence-corrected chi connectivity index (χ2v) is 6.51. The number of aromatic amines is 1. The van der Waals surface area contributed by atoms with Crippen LogP contribution in [0.2, 0.25) is 0 Å². The number of halogens is 1. The van der Waals surface area contributed by atoms with Crippen LogP contribution in [-0.2, 0) is 0 Å². The third kappa shape index (κ3) is 2.72. The van der Waals surface area contributed by atoms with Gasteiger partial charge in [0, 0.05) is 43.0 Å². The summed E-state index contributed by atoms with van der Waals surface area (Å²) in [5.74, 6) is 0.930. The van der Waals surface area contributed by atoms with Gasteiger partial charge in [-0.2, -0.15) is 5.26 Å². The zero-order valence-corrected chi connectivity index (χ0v) is 14.0. The Morgan fingerprint density at radius 1 is 1.36 bits per heavy atom. The number of hydrogen-bond donors (Lipinski definition) is 1. The number of rotatable bonds is 2. The van der Waals surface area contributed by atoms with Crippen LogP contribution < -0.4 is 4.90 Å². The Labute approximate surface area is 145 Å². The summed E-state index contributed by atoms with van der Waals surface area (Å²) in [5.41, 5.74) is 2.79. The summed E-state index contributed by atoms with van der Waals surface area (Å²) in [5, 5.41) is 10.3. The Hall–Kier alpha value is -2.94. The van der Waals surface area contributed by atoms with Gasteiger partial charge in [-0.15, -0.1) is 0 Å². The summed E-state index contributed by atoms with van der Waals surface area (Å²) in [7, 11) is 0. The molecular formula is C19H18FN5. The van der Waals surface area contributed by atoms with Gasteiger partial charge in [-0.1, -0.05) is 0 Å². The van der Waals surface area contributed by atoms with E-state index in [2.05, 4.69) is 25.9 Å². The van der Waals surface area contributed by atoms with Crippen molar-refractivity contribution in [3.8, 4) is 6.07 Å². The minimum absolute atomic E-state index is 0.271. The molecule has 0 amide bonds. The van der Waals surface area contributed by atoms with Crippen molar-refractivity contribution in [2.75, 3.05) is 18.0 Å². The highest BCUT2D eigenvalue weighted by Gasteiger charge is 2.26. The molecule has 126 valence electrons. The zero-order chi connectivity index (χ0) is 17.4. The lowest BCUT2D eigenvalue weighted by molar-refractivity contribution is 0.495.